The lowest BCUT2D eigenvalue weighted by molar-refractivity contribution is 0.0622. The molecule has 6 heteroatoms. The van der Waals surface area contributed by atoms with E-state index in [0.29, 0.717) is 32.7 Å². The summed E-state index contributed by atoms with van der Waals surface area (Å²) in [5, 5.41) is 0. The Kier molecular flexibility index (Phi) is 6.71. The second-order valence-corrected chi connectivity index (χ2v) is 10.3. The van der Waals surface area contributed by atoms with Crippen LogP contribution in [0.15, 0.2) is 91.1 Å². The van der Waals surface area contributed by atoms with E-state index in [0.717, 1.165) is 28.2 Å². The molecule has 0 bridgehead atoms. The standard InChI is InChI=1S/C33H31FN4O/c1-23-10-12-25(13-11-23)32-30(38-21-27(14-15-31(38)35-32)26-7-5-6-24(2)20-26)22-36-16-18-37(19-17-36)33(39)28-8-3-4-9-29(28)34/h3-15,20-21H,16-19,22H2,1-2H3. The predicted octanol–water partition coefficient (Wildman–Crippen LogP) is 6.38. The van der Waals surface area contributed by atoms with Crippen molar-refractivity contribution in [2.45, 2.75) is 20.4 Å². The van der Waals surface area contributed by atoms with Gasteiger partial charge in [-0.2, -0.15) is 0 Å². The van der Waals surface area contributed by atoms with Gasteiger partial charge in [-0.15, -0.1) is 0 Å². The number of pyridine rings is 1. The average molecular weight is 519 g/mol. The Hall–Kier alpha value is -4.29. The van der Waals surface area contributed by atoms with Gasteiger partial charge in [-0.05, 0) is 49.2 Å². The Morgan fingerprint density at radius 3 is 2.28 bits per heavy atom. The fraction of sp³-hybridized carbons (Fsp3) is 0.212. The van der Waals surface area contributed by atoms with Crippen LogP contribution in [0.4, 0.5) is 4.39 Å². The third kappa shape index (κ3) is 5.08. The lowest BCUT2D eigenvalue weighted by atomic mass is 10.1. The Balaban J connectivity index is 1.31. The van der Waals surface area contributed by atoms with E-state index < -0.39 is 5.82 Å². The molecule has 0 N–H and O–H groups in total. The van der Waals surface area contributed by atoms with Crippen molar-refractivity contribution >= 4 is 11.6 Å². The molecule has 5 nitrogen and oxygen atoms in total. The van der Waals surface area contributed by atoms with Gasteiger partial charge in [0.25, 0.3) is 5.91 Å². The summed E-state index contributed by atoms with van der Waals surface area (Å²) < 4.78 is 16.4. The number of nitrogens with zero attached hydrogens (tertiary/aromatic N) is 4. The number of aromatic nitrogens is 2. The molecule has 3 aromatic carbocycles. The first-order valence-electron chi connectivity index (χ1n) is 13.4. The largest absolute Gasteiger partial charge is 0.336 e. The van der Waals surface area contributed by atoms with Gasteiger partial charge in [-0.3, -0.25) is 9.69 Å². The molecule has 0 spiro atoms. The SMILES string of the molecule is Cc1ccc(-c2nc3ccc(-c4cccc(C)c4)cn3c2CN2CCN(C(=O)c3ccccc3F)CC2)cc1. The average Bonchev–Trinajstić information content (AvgIpc) is 3.31. The van der Waals surface area contributed by atoms with Crippen molar-refractivity contribution in [2.75, 3.05) is 26.2 Å². The number of aryl methyl sites for hydroxylation is 2. The highest BCUT2D eigenvalue weighted by Crippen LogP contribution is 2.29. The summed E-state index contributed by atoms with van der Waals surface area (Å²) in [6, 6.07) is 27.5. The van der Waals surface area contributed by atoms with Crippen LogP contribution in [0, 0.1) is 19.7 Å². The molecule has 1 aliphatic rings. The Morgan fingerprint density at radius 2 is 1.54 bits per heavy atom. The van der Waals surface area contributed by atoms with Crippen LogP contribution in [-0.4, -0.2) is 51.3 Å². The summed E-state index contributed by atoms with van der Waals surface area (Å²) in [5.74, 6) is -0.714. The molecule has 1 saturated heterocycles. The molecular weight excluding hydrogens is 487 g/mol. The summed E-state index contributed by atoms with van der Waals surface area (Å²) in [6.45, 7) is 7.41. The number of benzene rings is 3. The Labute approximate surface area is 228 Å². The van der Waals surface area contributed by atoms with Crippen LogP contribution in [-0.2, 0) is 6.54 Å². The van der Waals surface area contributed by atoms with Gasteiger partial charge < -0.3 is 9.30 Å². The molecule has 2 aromatic heterocycles. The van der Waals surface area contributed by atoms with Gasteiger partial charge in [-0.25, -0.2) is 9.37 Å². The fourth-order valence-corrected chi connectivity index (χ4v) is 5.31. The van der Waals surface area contributed by atoms with Gasteiger partial charge in [0.1, 0.15) is 11.5 Å². The quantitative estimate of drug-likeness (QED) is 0.271. The smallest absolute Gasteiger partial charge is 0.256 e. The first-order valence-corrected chi connectivity index (χ1v) is 13.4. The van der Waals surface area contributed by atoms with Gasteiger partial charge in [-0.1, -0.05) is 71.8 Å². The molecule has 5 aromatic rings. The second kappa shape index (κ2) is 10.5. The highest BCUT2D eigenvalue weighted by molar-refractivity contribution is 5.94. The van der Waals surface area contributed by atoms with Gasteiger partial charge in [0.15, 0.2) is 0 Å². The summed E-state index contributed by atoms with van der Waals surface area (Å²) in [4.78, 5) is 22.1. The number of amides is 1. The maximum Gasteiger partial charge on any atom is 0.256 e. The minimum Gasteiger partial charge on any atom is -0.336 e. The maximum absolute atomic E-state index is 14.2. The van der Waals surface area contributed by atoms with Gasteiger partial charge in [0, 0.05) is 44.5 Å². The lowest BCUT2D eigenvalue weighted by Gasteiger charge is -2.34. The number of fused-ring (bicyclic) bond motifs is 1. The van der Waals surface area contributed by atoms with E-state index in [1.54, 1.807) is 23.1 Å². The number of hydrogen-bond acceptors (Lipinski definition) is 3. The van der Waals surface area contributed by atoms with Crippen molar-refractivity contribution in [3.8, 4) is 22.4 Å². The third-order valence-corrected chi connectivity index (χ3v) is 7.53. The van der Waals surface area contributed by atoms with Crippen molar-refractivity contribution in [2.24, 2.45) is 0 Å². The van der Waals surface area contributed by atoms with E-state index in [-0.39, 0.29) is 11.5 Å². The summed E-state index contributed by atoms with van der Waals surface area (Å²) in [7, 11) is 0. The van der Waals surface area contributed by atoms with Gasteiger partial charge in [0.05, 0.1) is 17.0 Å². The van der Waals surface area contributed by atoms with E-state index in [2.05, 4.69) is 90.0 Å². The van der Waals surface area contributed by atoms with E-state index >= 15 is 0 Å². The van der Waals surface area contributed by atoms with E-state index in [9.17, 15) is 9.18 Å². The monoisotopic (exact) mass is 518 g/mol. The summed E-state index contributed by atoms with van der Waals surface area (Å²) in [6.07, 6.45) is 2.18. The number of carbonyl (C=O) groups excluding carboxylic acids is 1. The number of piperazine rings is 1. The molecule has 0 atom stereocenters. The van der Waals surface area contributed by atoms with Crippen LogP contribution in [0.5, 0.6) is 0 Å². The second-order valence-electron chi connectivity index (χ2n) is 10.3. The maximum atomic E-state index is 14.2. The van der Waals surface area contributed by atoms with Crippen molar-refractivity contribution in [3.05, 3.63) is 119 Å². The van der Waals surface area contributed by atoms with Crippen molar-refractivity contribution in [1.29, 1.82) is 0 Å². The lowest BCUT2D eigenvalue weighted by Crippen LogP contribution is -2.48. The van der Waals surface area contributed by atoms with Crippen molar-refractivity contribution in [3.63, 3.8) is 0 Å². The molecule has 6 rings (SSSR count). The minimum atomic E-state index is -0.470. The fourth-order valence-electron chi connectivity index (χ4n) is 5.31. The summed E-state index contributed by atoms with van der Waals surface area (Å²) in [5.41, 5.74) is 8.98. The van der Waals surface area contributed by atoms with Crippen LogP contribution >= 0.6 is 0 Å². The molecule has 0 saturated carbocycles. The molecule has 1 amide bonds. The number of carbonyl (C=O) groups is 1. The van der Waals surface area contributed by atoms with Crippen LogP contribution < -0.4 is 0 Å². The molecule has 1 aliphatic heterocycles. The zero-order valence-electron chi connectivity index (χ0n) is 22.3. The van der Waals surface area contributed by atoms with Gasteiger partial charge >= 0.3 is 0 Å². The first kappa shape index (κ1) is 25.0. The van der Waals surface area contributed by atoms with Crippen LogP contribution in [0.2, 0.25) is 0 Å². The molecule has 0 radical (unpaired) electrons. The van der Waals surface area contributed by atoms with Crippen LogP contribution in [0.25, 0.3) is 28.0 Å². The van der Waals surface area contributed by atoms with E-state index in [1.807, 2.05) is 0 Å². The molecule has 1 fully saturated rings. The molecular formula is C33H31FN4O. The highest BCUT2D eigenvalue weighted by atomic mass is 19.1. The molecule has 0 aliphatic carbocycles. The normalized spacial score (nSPS) is 14.2. The van der Waals surface area contributed by atoms with Crippen molar-refractivity contribution < 1.29 is 9.18 Å². The highest BCUT2D eigenvalue weighted by Gasteiger charge is 2.26. The molecule has 0 unspecified atom stereocenters. The number of halogens is 1. The van der Waals surface area contributed by atoms with Gasteiger partial charge in [0.2, 0.25) is 0 Å². The zero-order valence-corrected chi connectivity index (χ0v) is 22.3. The van der Waals surface area contributed by atoms with E-state index in [1.165, 1.54) is 22.8 Å². The molecule has 3 heterocycles. The Morgan fingerprint density at radius 1 is 0.795 bits per heavy atom. The van der Waals surface area contributed by atoms with E-state index in [4.69, 9.17) is 4.98 Å². The third-order valence-electron chi connectivity index (χ3n) is 7.53. The number of rotatable bonds is 5. The zero-order chi connectivity index (χ0) is 26.9. The van der Waals surface area contributed by atoms with Crippen molar-refractivity contribution in [1.82, 2.24) is 19.2 Å². The topological polar surface area (TPSA) is 40.9 Å². The Bertz CT molecular complexity index is 1650. The predicted molar refractivity (Wildman–Crippen MR) is 153 cm³/mol. The first-order chi connectivity index (χ1) is 19.0. The van der Waals surface area contributed by atoms with Crippen LogP contribution in [0.1, 0.15) is 27.2 Å². The molecule has 39 heavy (non-hydrogen) atoms. The number of hydrogen-bond donors (Lipinski definition) is 0. The number of imidazole rings is 1. The minimum absolute atomic E-state index is 0.137. The summed E-state index contributed by atoms with van der Waals surface area (Å²) >= 11 is 0. The molecule has 196 valence electrons. The van der Waals surface area contributed by atoms with Crippen LogP contribution in [0.3, 0.4) is 0 Å².